The van der Waals surface area contributed by atoms with E-state index in [1.165, 1.54) is 21.1 Å². The van der Waals surface area contributed by atoms with Crippen LogP contribution >= 0.6 is 11.3 Å². The van der Waals surface area contributed by atoms with E-state index >= 15 is 0 Å². The first-order valence-electron chi connectivity index (χ1n) is 8.64. The fraction of sp³-hybridized carbons (Fsp3) is 0.263. The second-order valence-electron chi connectivity index (χ2n) is 6.36. The topological polar surface area (TPSA) is 77.3 Å². The third-order valence-corrected chi connectivity index (χ3v) is 7.63. The Hall–Kier alpha value is -2.31. The summed E-state index contributed by atoms with van der Waals surface area (Å²) in [6.45, 7) is 2.83. The maximum atomic E-state index is 12.9. The van der Waals surface area contributed by atoms with E-state index in [-0.39, 0.29) is 10.5 Å². The van der Waals surface area contributed by atoms with Crippen LogP contribution in [0.1, 0.15) is 10.6 Å². The Bertz CT molecular complexity index is 1080. The highest BCUT2D eigenvalue weighted by molar-refractivity contribution is 7.89. The first-order valence-corrected chi connectivity index (χ1v) is 10.9. The van der Waals surface area contributed by atoms with E-state index in [2.05, 4.69) is 16.0 Å². The third kappa shape index (κ3) is 3.59. The van der Waals surface area contributed by atoms with Crippen molar-refractivity contribution in [3.8, 4) is 6.07 Å². The van der Waals surface area contributed by atoms with Gasteiger partial charge in [0.2, 0.25) is 10.0 Å². The lowest BCUT2D eigenvalue weighted by molar-refractivity contribution is 0.181. The Balaban J connectivity index is 1.44. The zero-order valence-electron chi connectivity index (χ0n) is 14.6. The predicted octanol–water partition coefficient (Wildman–Crippen LogP) is 2.67. The van der Waals surface area contributed by atoms with Crippen LogP contribution in [0.3, 0.4) is 0 Å². The smallest absolute Gasteiger partial charge is 0.244 e. The lowest BCUT2D eigenvalue weighted by Gasteiger charge is -2.33. The summed E-state index contributed by atoms with van der Waals surface area (Å²) in [6, 6.07) is 16.4. The molecule has 6 nitrogen and oxygen atoms in total. The zero-order valence-corrected chi connectivity index (χ0v) is 16.2. The number of nitrogens with zero attached hydrogens (tertiary/aromatic N) is 4. The van der Waals surface area contributed by atoms with E-state index in [9.17, 15) is 13.7 Å². The number of thiazole rings is 1. The second kappa shape index (κ2) is 7.37. The molecule has 1 aliphatic rings. The summed E-state index contributed by atoms with van der Waals surface area (Å²) in [5, 5.41) is 10.2. The van der Waals surface area contributed by atoms with E-state index in [4.69, 9.17) is 0 Å². The van der Waals surface area contributed by atoms with Crippen LogP contribution in [0, 0.1) is 11.3 Å². The van der Waals surface area contributed by atoms with Gasteiger partial charge in [0, 0.05) is 26.2 Å². The third-order valence-electron chi connectivity index (χ3n) is 4.65. The molecule has 1 aliphatic heterocycles. The Morgan fingerprint density at radius 1 is 1.04 bits per heavy atom. The van der Waals surface area contributed by atoms with Crippen molar-refractivity contribution >= 4 is 31.6 Å². The summed E-state index contributed by atoms with van der Waals surface area (Å²) in [6.07, 6.45) is 0. The first kappa shape index (κ1) is 18.1. The molecule has 1 saturated heterocycles. The van der Waals surface area contributed by atoms with Gasteiger partial charge in [0.25, 0.3) is 0 Å². The van der Waals surface area contributed by atoms with Gasteiger partial charge >= 0.3 is 0 Å². The molecule has 2 heterocycles. The van der Waals surface area contributed by atoms with E-state index < -0.39 is 10.0 Å². The normalized spacial score (nSPS) is 16.4. The summed E-state index contributed by atoms with van der Waals surface area (Å²) >= 11 is 1.68. The highest BCUT2D eigenvalue weighted by Gasteiger charge is 2.30. The van der Waals surface area contributed by atoms with Crippen LogP contribution < -0.4 is 0 Å². The van der Waals surface area contributed by atoms with Crippen molar-refractivity contribution in [1.82, 2.24) is 14.2 Å². The molecule has 1 fully saturated rings. The van der Waals surface area contributed by atoms with Gasteiger partial charge in [-0.05, 0) is 24.3 Å². The van der Waals surface area contributed by atoms with Gasteiger partial charge in [-0.15, -0.1) is 11.3 Å². The molecule has 0 bridgehead atoms. The monoisotopic (exact) mass is 398 g/mol. The number of hydrogen-bond acceptors (Lipinski definition) is 6. The number of benzene rings is 2. The average molecular weight is 399 g/mol. The van der Waals surface area contributed by atoms with Gasteiger partial charge in [-0.3, -0.25) is 4.90 Å². The number of nitriles is 1. The number of sulfonamides is 1. The minimum Gasteiger partial charge on any atom is -0.294 e. The van der Waals surface area contributed by atoms with Crippen molar-refractivity contribution in [2.24, 2.45) is 0 Å². The SMILES string of the molecule is N#Cc1ccccc1S(=O)(=O)N1CCN(Cc2nc3ccccc3s2)CC1. The standard InChI is InChI=1S/C19H18N4O2S2/c20-13-15-5-1-4-8-18(15)27(24,25)23-11-9-22(10-12-23)14-19-21-16-6-2-3-7-17(16)26-19/h1-8H,9-12,14H2. The maximum Gasteiger partial charge on any atom is 0.244 e. The molecule has 1 aromatic heterocycles. The number of rotatable bonds is 4. The van der Waals surface area contributed by atoms with Crippen LogP contribution in [0.4, 0.5) is 0 Å². The van der Waals surface area contributed by atoms with Crippen LogP contribution in [0.25, 0.3) is 10.2 Å². The number of fused-ring (bicyclic) bond motifs is 1. The van der Waals surface area contributed by atoms with Crippen LogP contribution in [0.5, 0.6) is 0 Å². The van der Waals surface area contributed by atoms with Crippen LogP contribution in [-0.2, 0) is 16.6 Å². The van der Waals surface area contributed by atoms with Crippen molar-refractivity contribution in [2.45, 2.75) is 11.4 Å². The van der Waals surface area contributed by atoms with Crippen LogP contribution in [-0.4, -0.2) is 48.8 Å². The van der Waals surface area contributed by atoms with Gasteiger partial charge in [0.05, 0.1) is 27.2 Å². The lowest BCUT2D eigenvalue weighted by atomic mass is 10.2. The van der Waals surface area contributed by atoms with Gasteiger partial charge in [-0.25, -0.2) is 13.4 Å². The van der Waals surface area contributed by atoms with E-state index in [1.54, 1.807) is 23.5 Å². The summed E-state index contributed by atoms with van der Waals surface area (Å²) in [4.78, 5) is 6.97. The number of para-hydroxylation sites is 1. The Morgan fingerprint density at radius 2 is 1.74 bits per heavy atom. The summed E-state index contributed by atoms with van der Waals surface area (Å²) in [5.41, 5.74) is 1.20. The molecule has 3 aromatic rings. The van der Waals surface area contributed by atoms with Crippen LogP contribution in [0.15, 0.2) is 53.4 Å². The van der Waals surface area contributed by atoms with Gasteiger partial charge in [0.1, 0.15) is 11.1 Å². The molecule has 4 rings (SSSR count). The fourth-order valence-electron chi connectivity index (χ4n) is 3.23. The molecular weight excluding hydrogens is 380 g/mol. The number of aromatic nitrogens is 1. The predicted molar refractivity (Wildman–Crippen MR) is 105 cm³/mol. The molecule has 0 atom stereocenters. The first-order chi connectivity index (χ1) is 13.1. The Labute approximate surface area is 162 Å². The molecule has 2 aromatic carbocycles. The molecule has 0 radical (unpaired) electrons. The highest BCUT2D eigenvalue weighted by atomic mass is 32.2. The minimum atomic E-state index is -3.65. The Kier molecular flexibility index (Phi) is 4.93. The summed E-state index contributed by atoms with van der Waals surface area (Å²) < 4.78 is 28.4. The lowest BCUT2D eigenvalue weighted by Crippen LogP contribution is -2.48. The largest absolute Gasteiger partial charge is 0.294 e. The van der Waals surface area contributed by atoms with E-state index in [0.29, 0.717) is 26.2 Å². The second-order valence-corrected chi connectivity index (χ2v) is 9.39. The van der Waals surface area contributed by atoms with Crippen molar-refractivity contribution in [3.05, 3.63) is 59.1 Å². The van der Waals surface area contributed by atoms with E-state index in [0.717, 1.165) is 17.1 Å². The highest BCUT2D eigenvalue weighted by Crippen LogP contribution is 2.24. The van der Waals surface area contributed by atoms with Crippen molar-refractivity contribution in [3.63, 3.8) is 0 Å². The molecule has 0 spiro atoms. The summed E-state index contributed by atoms with van der Waals surface area (Å²) in [5.74, 6) is 0. The van der Waals surface area contributed by atoms with Gasteiger partial charge < -0.3 is 0 Å². The minimum absolute atomic E-state index is 0.0899. The molecule has 0 saturated carbocycles. The molecule has 138 valence electrons. The molecule has 27 heavy (non-hydrogen) atoms. The maximum absolute atomic E-state index is 12.9. The number of piperazine rings is 1. The molecule has 0 unspecified atom stereocenters. The van der Waals surface area contributed by atoms with Gasteiger partial charge in [-0.1, -0.05) is 24.3 Å². The zero-order chi connectivity index (χ0) is 18.9. The van der Waals surface area contributed by atoms with E-state index in [1.807, 2.05) is 24.3 Å². The molecule has 8 heteroatoms. The number of hydrogen-bond donors (Lipinski definition) is 0. The van der Waals surface area contributed by atoms with Crippen molar-refractivity contribution in [1.29, 1.82) is 5.26 Å². The molecule has 0 aliphatic carbocycles. The van der Waals surface area contributed by atoms with Gasteiger partial charge in [-0.2, -0.15) is 9.57 Å². The van der Waals surface area contributed by atoms with Crippen molar-refractivity contribution in [2.75, 3.05) is 26.2 Å². The molecule has 0 N–H and O–H groups in total. The Morgan fingerprint density at radius 3 is 2.48 bits per heavy atom. The average Bonchev–Trinajstić information content (AvgIpc) is 3.10. The summed E-state index contributed by atoms with van der Waals surface area (Å²) in [7, 11) is -3.65. The van der Waals surface area contributed by atoms with Gasteiger partial charge in [0.15, 0.2) is 0 Å². The van der Waals surface area contributed by atoms with Crippen molar-refractivity contribution < 1.29 is 8.42 Å². The molecule has 0 amide bonds. The molecular formula is C19H18N4O2S2. The van der Waals surface area contributed by atoms with Crippen LogP contribution in [0.2, 0.25) is 0 Å². The fourth-order valence-corrected chi connectivity index (χ4v) is 5.80. The quantitative estimate of drug-likeness (QED) is 0.675.